The van der Waals surface area contributed by atoms with Crippen LogP contribution >= 0.6 is 24.0 Å². The van der Waals surface area contributed by atoms with Crippen LogP contribution in [0, 0.1) is 0 Å². The van der Waals surface area contributed by atoms with Crippen molar-refractivity contribution in [1.29, 1.82) is 0 Å². The van der Waals surface area contributed by atoms with Crippen molar-refractivity contribution >= 4 is 35.9 Å². The number of hydrogen-bond acceptors (Lipinski definition) is 5. The van der Waals surface area contributed by atoms with Gasteiger partial charge >= 0.3 is 6.18 Å². The van der Waals surface area contributed by atoms with Crippen molar-refractivity contribution in [3.8, 4) is 0 Å². The number of anilines is 1. The molecule has 0 radical (unpaired) electrons. The fraction of sp³-hybridized carbons (Fsp3) is 0.667. The summed E-state index contributed by atoms with van der Waals surface area (Å²) in [6.07, 6.45) is -1.17. The zero-order valence-electron chi connectivity index (χ0n) is 14.5. The lowest BCUT2D eigenvalue weighted by Gasteiger charge is -2.13. The van der Waals surface area contributed by atoms with E-state index in [1.54, 1.807) is 0 Å². The first-order valence-electron chi connectivity index (χ1n) is 8.27. The number of ether oxygens (including phenoxy) is 1. The van der Waals surface area contributed by atoms with E-state index in [2.05, 4.69) is 30.9 Å². The van der Waals surface area contributed by atoms with E-state index in [0.717, 1.165) is 31.7 Å². The molecule has 3 N–H and O–H groups in total. The molecule has 2 heterocycles. The minimum Gasteiger partial charge on any atom is -0.376 e. The molecule has 1 aliphatic heterocycles. The molecule has 1 atom stereocenters. The van der Waals surface area contributed by atoms with Gasteiger partial charge in [0.05, 0.1) is 12.6 Å². The summed E-state index contributed by atoms with van der Waals surface area (Å²) in [6.45, 7) is 4.84. The number of nitrogens with zero attached hydrogens (tertiary/aromatic N) is 3. The second-order valence-corrected chi connectivity index (χ2v) is 5.47. The van der Waals surface area contributed by atoms with Gasteiger partial charge in [-0.3, -0.25) is 4.99 Å². The van der Waals surface area contributed by atoms with E-state index in [1.807, 2.05) is 6.92 Å². The maximum Gasteiger partial charge on any atom is 0.433 e. The molecule has 0 spiro atoms. The molecule has 1 fully saturated rings. The molecule has 148 valence electrons. The number of halogens is 4. The third-order valence-corrected chi connectivity index (χ3v) is 3.47. The monoisotopic (exact) mass is 488 g/mol. The van der Waals surface area contributed by atoms with Crippen LogP contribution in [0.3, 0.4) is 0 Å². The average molecular weight is 488 g/mol. The van der Waals surface area contributed by atoms with Gasteiger partial charge in [0.2, 0.25) is 5.95 Å². The Labute approximate surface area is 167 Å². The Morgan fingerprint density at radius 1 is 1.35 bits per heavy atom. The lowest BCUT2D eigenvalue weighted by Crippen LogP contribution is -2.40. The number of hydrogen-bond donors (Lipinski definition) is 3. The van der Waals surface area contributed by atoms with Gasteiger partial charge in [-0.25, -0.2) is 9.97 Å². The van der Waals surface area contributed by atoms with E-state index in [0.29, 0.717) is 32.1 Å². The maximum atomic E-state index is 12.6. The molecule has 0 amide bonds. The van der Waals surface area contributed by atoms with Crippen LogP contribution in [0.5, 0.6) is 0 Å². The number of rotatable bonds is 7. The van der Waals surface area contributed by atoms with Crippen LogP contribution in [0.4, 0.5) is 19.1 Å². The minimum atomic E-state index is -4.48. The van der Waals surface area contributed by atoms with E-state index in [9.17, 15) is 13.2 Å². The number of nitrogens with one attached hydrogen (secondary N) is 3. The van der Waals surface area contributed by atoms with Crippen LogP contribution in [-0.4, -0.2) is 54.8 Å². The summed E-state index contributed by atoms with van der Waals surface area (Å²) in [5.74, 6) is 0.586. The maximum absolute atomic E-state index is 12.6. The molecular weight excluding hydrogens is 464 g/mol. The zero-order valence-corrected chi connectivity index (χ0v) is 16.8. The van der Waals surface area contributed by atoms with Gasteiger partial charge in [0.25, 0.3) is 0 Å². The van der Waals surface area contributed by atoms with Gasteiger partial charge in [-0.2, -0.15) is 13.2 Å². The molecule has 2 rings (SSSR count). The van der Waals surface area contributed by atoms with Crippen LogP contribution in [0.15, 0.2) is 17.3 Å². The fourth-order valence-corrected chi connectivity index (χ4v) is 2.28. The molecule has 0 aromatic carbocycles. The lowest BCUT2D eigenvalue weighted by molar-refractivity contribution is -0.141. The Kier molecular flexibility index (Phi) is 9.91. The molecular formula is C15H24F3IN6O. The predicted molar refractivity (Wildman–Crippen MR) is 104 cm³/mol. The Hall–Kier alpha value is -1.37. The standard InChI is InChI=1S/C15H23F3N6O.HI/c1-2-19-13(23-10-11-4-3-9-25-11)21-7-8-22-14-20-6-5-12(24-14)15(16,17)18;/h5-6,11H,2-4,7-10H2,1H3,(H2,19,21,23)(H,20,22,24);1H. The summed E-state index contributed by atoms with van der Waals surface area (Å²) >= 11 is 0. The second kappa shape index (κ2) is 11.4. The quantitative estimate of drug-likeness (QED) is 0.237. The molecule has 1 aromatic rings. The van der Waals surface area contributed by atoms with E-state index in [4.69, 9.17) is 4.74 Å². The van der Waals surface area contributed by atoms with Gasteiger partial charge in [-0.1, -0.05) is 0 Å². The van der Waals surface area contributed by atoms with Crippen LogP contribution in [0.25, 0.3) is 0 Å². The number of guanidine groups is 1. The topological polar surface area (TPSA) is 83.5 Å². The Morgan fingerprint density at radius 2 is 2.15 bits per heavy atom. The molecule has 1 aromatic heterocycles. The fourth-order valence-electron chi connectivity index (χ4n) is 2.28. The average Bonchev–Trinajstić information content (AvgIpc) is 3.09. The van der Waals surface area contributed by atoms with Crippen LogP contribution in [0.1, 0.15) is 25.5 Å². The summed E-state index contributed by atoms with van der Waals surface area (Å²) in [6, 6.07) is 0.838. The molecule has 1 saturated heterocycles. The highest BCUT2D eigenvalue weighted by molar-refractivity contribution is 14.0. The molecule has 7 nitrogen and oxygen atoms in total. The number of aliphatic imine (C=N–C) groups is 1. The van der Waals surface area contributed by atoms with Crippen LogP contribution in [0.2, 0.25) is 0 Å². The van der Waals surface area contributed by atoms with E-state index in [-0.39, 0.29) is 36.0 Å². The van der Waals surface area contributed by atoms with Crippen molar-refractivity contribution in [2.45, 2.75) is 32.0 Å². The van der Waals surface area contributed by atoms with Crippen molar-refractivity contribution in [2.75, 3.05) is 38.1 Å². The van der Waals surface area contributed by atoms with E-state index >= 15 is 0 Å². The highest BCUT2D eigenvalue weighted by atomic mass is 127. The summed E-state index contributed by atoms with van der Waals surface area (Å²) < 4.78 is 43.3. The molecule has 1 unspecified atom stereocenters. The van der Waals surface area contributed by atoms with Gasteiger partial charge in [-0.05, 0) is 25.8 Å². The van der Waals surface area contributed by atoms with Crippen molar-refractivity contribution in [1.82, 2.24) is 20.6 Å². The highest BCUT2D eigenvalue weighted by Crippen LogP contribution is 2.27. The van der Waals surface area contributed by atoms with Gasteiger partial charge in [0, 0.05) is 32.4 Å². The van der Waals surface area contributed by atoms with Crippen LogP contribution < -0.4 is 16.0 Å². The molecule has 0 saturated carbocycles. The predicted octanol–water partition coefficient (Wildman–Crippen LogP) is 2.26. The minimum absolute atomic E-state index is 0. The molecule has 0 aliphatic carbocycles. The number of aromatic nitrogens is 2. The largest absolute Gasteiger partial charge is 0.433 e. The van der Waals surface area contributed by atoms with Crippen molar-refractivity contribution in [3.05, 3.63) is 18.0 Å². The van der Waals surface area contributed by atoms with Crippen LogP contribution in [-0.2, 0) is 10.9 Å². The third kappa shape index (κ3) is 7.89. The normalized spacial score (nSPS) is 17.5. The van der Waals surface area contributed by atoms with Gasteiger partial charge in [0.15, 0.2) is 5.96 Å². The lowest BCUT2D eigenvalue weighted by atomic mass is 10.2. The zero-order chi connectivity index (χ0) is 18.1. The SMILES string of the molecule is CCNC(=NCC1CCCO1)NCCNc1nccc(C(F)(F)F)n1.I. The second-order valence-electron chi connectivity index (χ2n) is 5.47. The molecule has 26 heavy (non-hydrogen) atoms. The molecule has 11 heteroatoms. The third-order valence-electron chi connectivity index (χ3n) is 3.47. The Balaban J connectivity index is 0.00000338. The van der Waals surface area contributed by atoms with Crippen molar-refractivity contribution < 1.29 is 17.9 Å². The summed E-state index contributed by atoms with van der Waals surface area (Å²) in [5, 5.41) is 8.97. The first kappa shape index (κ1) is 22.7. The Bertz CT molecular complexity index is 567. The molecule has 0 bridgehead atoms. The van der Waals surface area contributed by atoms with E-state index < -0.39 is 11.9 Å². The Morgan fingerprint density at radius 3 is 2.81 bits per heavy atom. The summed E-state index contributed by atoms with van der Waals surface area (Å²) in [7, 11) is 0. The first-order valence-corrected chi connectivity index (χ1v) is 8.27. The smallest absolute Gasteiger partial charge is 0.376 e. The first-order chi connectivity index (χ1) is 12.0. The van der Waals surface area contributed by atoms with Crippen molar-refractivity contribution in [3.63, 3.8) is 0 Å². The summed E-state index contributed by atoms with van der Waals surface area (Å²) in [5.41, 5.74) is -0.968. The van der Waals surface area contributed by atoms with Crippen molar-refractivity contribution in [2.24, 2.45) is 4.99 Å². The van der Waals surface area contributed by atoms with Gasteiger partial charge in [0.1, 0.15) is 5.69 Å². The summed E-state index contributed by atoms with van der Waals surface area (Å²) in [4.78, 5) is 11.7. The highest BCUT2D eigenvalue weighted by Gasteiger charge is 2.32. The van der Waals surface area contributed by atoms with E-state index in [1.165, 1.54) is 0 Å². The molecule has 1 aliphatic rings. The van der Waals surface area contributed by atoms with Gasteiger partial charge < -0.3 is 20.7 Å². The number of alkyl halides is 3. The van der Waals surface area contributed by atoms with Gasteiger partial charge in [-0.15, -0.1) is 24.0 Å².